The molecule has 0 aliphatic rings. The van der Waals surface area contributed by atoms with Gasteiger partial charge in [-0.3, -0.25) is 4.79 Å². The zero-order chi connectivity index (χ0) is 17.6. The molecule has 0 aliphatic carbocycles. The second-order valence-electron chi connectivity index (χ2n) is 5.96. The fourth-order valence-electron chi connectivity index (χ4n) is 2.10. The van der Waals surface area contributed by atoms with Crippen LogP contribution in [0.4, 0.5) is 0 Å². The van der Waals surface area contributed by atoms with Crippen LogP contribution in [0.5, 0.6) is 5.75 Å². The van der Waals surface area contributed by atoms with Crippen LogP contribution in [-0.2, 0) is 21.5 Å². The van der Waals surface area contributed by atoms with Crippen molar-refractivity contribution in [3.63, 3.8) is 0 Å². The average molecular weight is 341 g/mol. The summed E-state index contributed by atoms with van der Waals surface area (Å²) in [5.41, 5.74) is 0.850. The van der Waals surface area contributed by atoms with Crippen molar-refractivity contribution in [2.75, 3.05) is 5.75 Å². The Hall–Kier alpha value is -1.56. The maximum Gasteiger partial charge on any atom is 0.308 e. The number of carbonyl (C=O) groups excluding carboxylic acids is 1. The first kappa shape index (κ1) is 19.5. The highest BCUT2D eigenvalue weighted by atomic mass is 32.2. The van der Waals surface area contributed by atoms with Crippen molar-refractivity contribution in [1.82, 2.24) is 4.90 Å². The molecular weight excluding hydrogens is 314 g/mol. The highest BCUT2D eigenvalue weighted by molar-refractivity contribution is 7.87. The molecule has 0 saturated carbocycles. The maximum absolute atomic E-state index is 12.4. The first-order valence-electron chi connectivity index (χ1n) is 8.01. The van der Waals surface area contributed by atoms with Gasteiger partial charge in [0.2, 0.25) is 5.91 Å². The highest BCUT2D eigenvalue weighted by Crippen LogP contribution is 2.19. The molecule has 0 heterocycles. The van der Waals surface area contributed by atoms with Crippen molar-refractivity contribution in [2.45, 2.75) is 53.6 Å². The first-order chi connectivity index (χ1) is 10.7. The van der Waals surface area contributed by atoms with Gasteiger partial charge in [-0.2, -0.15) is 8.42 Å². The molecule has 1 amide bonds. The van der Waals surface area contributed by atoms with E-state index in [1.54, 1.807) is 18.2 Å². The monoisotopic (exact) mass is 341 g/mol. The van der Waals surface area contributed by atoms with Gasteiger partial charge in [-0.05, 0) is 38.0 Å². The number of carbonyl (C=O) groups is 1. The zero-order valence-corrected chi connectivity index (χ0v) is 15.4. The summed E-state index contributed by atoms with van der Waals surface area (Å²) in [5.74, 6) is 0.211. The van der Waals surface area contributed by atoms with Gasteiger partial charge >= 0.3 is 10.1 Å². The van der Waals surface area contributed by atoms with Crippen LogP contribution in [0.3, 0.4) is 0 Å². The van der Waals surface area contributed by atoms with Gasteiger partial charge < -0.3 is 9.08 Å². The van der Waals surface area contributed by atoms with E-state index in [0.717, 1.165) is 12.0 Å². The minimum absolute atomic E-state index is 0.0797. The van der Waals surface area contributed by atoms with E-state index < -0.39 is 10.1 Å². The van der Waals surface area contributed by atoms with Crippen LogP contribution in [0.1, 0.15) is 46.6 Å². The Balaban J connectivity index is 2.99. The van der Waals surface area contributed by atoms with E-state index in [-0.39, 0.29) is 29.4 Å². The van der Waals surface area contributed by atoms with Crippen molar-refractivity contribution >= 4 is 16.0 Å². The molecule has 1 aromatic rings. The maximum atomic E-state index is 12.4. The van der Waals surface area contributed by atoms with Crippen LogP contribution >= 0.6 is 0 Å². The summed E-state index contributed by atoms with van der Waals surface area (Å²) < 4.78 is 28.2. The van der Waals surface area contributed by atoms with Gasteiger partial charge in [0.25, 0.3) is 0 Å². The lowest BCUT2D eigenvalue weighted by atomic mass is 10.1. The van der Waals surface area contributed by atoms with Crippen LogP contribution in [0.25, 0.3) is 0 Å². The van der Waals surface area contributed by atoms with Gasteiger partial charge in [0, 0.05) is 18.5 Å². The van der Waals surface area contributed by atoms with Gasteiger partial charge in [-0.15, -0.1) is 0 Å². The van der Waals surface area contributed by atoms with Crippen molar-refractivity contribution in [3.8, 4) is 5.75 Å². The summed E-state index contributed by atoms with van der Waals surface area (Å²) >= 11 is 0. The van der Waals surface area contributed by atoms with Gasteiger partial charge in [0.05, 0.1) is 5.75 Å². The number of rotatable bonds is 8. The molecule has 0 radical (unpaired) electrons. The van der Waals surface area contributed by atoms with E-state index in [2.05, 4.69) is 0 Å². The van der Waals surface area contributed by atoms with Crippen LogP contribution in [0.15, 0.2) is 24.3 Å². The second-order valence-corrected chi connectivity index (χ2v) is 7.81. The number of nitrogens with zero attached hydrogens (tertiary/aromatic N) is 1. The normalized spacial score (nSPS) is 13.0. The summed E-state index contributed by atoms with van der Waals surface area (Å²) in [6, 6.07) is 7.01. The number of hydrogen-bond donors (Lipinski definition) is 0. The predicted octanol–water partition coefficient (Wildman–Crippen LogP) is 3.20. The van der Waals surface area contributed by atoms with Crippen molar-refractivity contribution < 1.29 is 17.4 Å². The van der Waals surface area contributed by atoms with Gasteiger partial charge in [-0.25, -0.2) is 0 Å². The third-order valence-corrected chi connectivity index (χ3v) is 4.88. The van der Waals surface area contributed by atoms with Crippen molar-refractivity contribution in [1.29, 1.82) is 0 Å². The summed E-state index contributed by atoms with van der Waals surface area (Å²) in [5, 5.41) is 0. The second kappa shape index (κ2) is 8.34. The van der Waals surface area contributed by atoms with Gasteiger partial charge in [0.1, 0.15) is 5.75 Å². The van der Waals surface area contributed by atoms with E-state index >= 15 is 0 Å². The molecule has 0 unspecified atom stereocenters. The lowest BCUT2D eigenvalue weighted by Gasteiger charge is -2.30. The summed E-state index contributed by atoms with van der Waals surface area (Å²) in [7, 11) is -3.55. The Labute approximate surface area is 139 Å². The molecule has 0 fully saturated rings. The zero-order valence-electron chi connectivity index (χ0n) is 14.6. The van der Waals surface area contributed by atoms with Crippen molar-refractivity contribution in [3.05, 3.63) is 29.8 Å². The molecule has 1 aromatic carbocycles. The van der Waals surface area contributed by atoms with Crippen LogP contribution in [-0.4, -0.2) is 31.0 Å². The van der Waals surface area contributed by atoms with Crippen LogP contribution in [0.2, 0.25) is 0 Å². The molecular formula is C17H27NO4S. The minimum Gasteiger partial charge on any atom is -0.382 e. The van der Waals surface area contributed by atoms with Crippen molar-refractivity contribution in [2.24, 2.45) is 5.92 Å². The summed E-state index contributed by atoms with van der Waals surface area (Å²) in [6.07, 6.45) is 0.860. The van der Waals surface area contributed by atoms with E-state index in [4.69, 9.17) is 4.18 Å². The Morgan fingerprint density at radius 1 is 1.22 bits per heavy atom. The molecule has 0 bridgehead atoms. The number of hydrogen-bond acceptors (Lipinski definition) is 4. The topological polar surface area (TPSA) is 63.7 Å². The van der Waals surface area contributed by atoms with Gasteiger partial charge in [-0.1, -0.05) is 32.9 Å². The highest BCUT2D eigenvalue weighted by Gasteiger charge is 2.22. The summed E-state index contributed by atoms with van der Waals surface area (Å²) in [6.45, 7) is 9.79. The average Bonchev–Trinajstić information content (AvgIpc) is 2.51. The molecule has 0 aromatic heterocycles. The molecule has 1 atom stereocenters. The quantitative estimate of drug-likeness (QED) is 0.681. The Morgan fingerprint density at radius 3 is 2.39 bits per heavy atom. The molecule has 0 aliphatic heterocycles. The standard InChI is InChI=1S/C17H27NO4S/c1-6-14(5)18(17(19)13(3)4)12-15-9-8-10-16(11-15)22-23(20,21)7-2/h8-11,13-14H,6-7,12H2,1-5H3/t14-/m0/s1. The predicted molar refractivity (Wildman–Crippen MR) is 91.7 cm³/mol. The molecule has 0 N–H and O–H groups in total. The fourth-order valence-corrected chi connectivity index (χ4v) is 2.62. The number of benzene rings is 1. The third-order valence-electron chi connectivity index (χ3n) is 3.73. The Morgan fingerprint density at radius 2 is 1.87 bits per heavy atom. The van der Waals surface area contributed by atoms with Crippen LogP contribution in [0, 0.1) is 5.92 Å². The van der Waals surface area contributed by atoms with E-state index in [1.165, 1.54) is 6.92 Å². The van der Waals surface area contributed by atoms with Crippen LogP contribution < -0.4 is 4.18 Å². The van der Waals surface area contributed by atoms with E-state index in [0.29, 0.717) is 6.54 Å². The molecule has 23 heavy (non-hydrogen) atoms. The Bertz CT molecular complexity index is 625. The number of amides is 1. The molecule has 130 valence electrons. The fraction of sp³-hybridized carbons (Fsp3) is 0.588. The largest absolute Gasteiger partial charge is 0.382 e. The third kappa shape index (κ3) is 5.86. The molecule has 0 saturated heterocycles. The summed E-state index contributed by atoms with van der Waals surface area (Å²) in [4.78, 5) is 14.2. The Kier molecular flexibility index (Phi) is 7.06. The molecule has 6 heteroatoms. The first-order valence-corrected chi connectivity index (χ1v) is 9.59. The molecule has 1 rings (SSSR count). The smallest absolute Gasteiger partial charge is 0.308 e. The minimum atomic E-state index is -3.55. The lowest BCUT2D eigenvalue weighted by molar-refractivity contribution is -0.137. The lowest BCUT2D eigenvalue weighted by Crippen LogP contribution is -2.40. The van der Waals surface area contributed by atoms with Gasteiger partial charge in [0.15, 0.2) is 0 Å². The van der Waals surface area contributed by atoms with E-state index in [1.807, 2.05) is 38.7 Å². The SMILES string of the molecule is CC[C@H](C)N(Cc1cccc(OS(=O)(=O)CC)c1)C(=O)C(C)C. The molecule has 5 nitrogen and oxygen atoms in total. The molecule has 0 spiro atoms. The van der Waals surface area contributed by atoms with E-state index in [9.17, 15) is 13.2 Å².